The van der Waals surface area contributed by atoms with Gasteiger partial charge in [-0.25, -0.2) is 4.79 Å². The Labute approximate surface area is 146 Å². The quantitative estimate of drug-likeness (QED) is 0.753. The number of carboxylic acid groups (broad SMARTS) is 1. The number of aliphatic carboxylic acids is 1. The first-order valence-electron chi connectivity index (χ1n) is 7.03. The molecule has 0 bridgehead atoms. The maximum Gasteiger partial charge on any atom is 0.353 e. The van der Waals surface area contributed by atoms with E-state index in [9.17, 15) is 19.5 Å². The molecule has 126 valence electrons. The van der Waals surface area contributed by atoms with Crippen molar-refractivity contribution >= 4 is 41.1 Å². The lowest BCUT2D eigenvalue weighted by Crippen LogP contribution is -2.70. The number of benzene rings is 1. The first-order valence-corrected chi connectivity index (χ1v) is 8.45. The average molecular weight is 369 g/mol. The minimum Gasteiger partial charge on any atom is -0.484 e. The molecule has 2 aliphatic rings. The largest absolute Gasteiger partial charge is 0.484 e. The lowest BCUT2D eigenvalue weighted by atomic mass is 10.1. The summed E-state index contributed by atoms with van der Waals surface area (Å²) in [6.45, 7) is -0.229. The van der Waals surface area contributed by atoms with Crippen LogP contribution < -0.4 is 10.1 Å². The number of amides is 2. The second-order valence-electron chi connectivity index (χ2n) is 5.12. The molecule has 7 nitrogen and oxygen atoms in total. The van der Waals surface area contributed by atoms with Crippen molar-refractivity contribution in [3.05, 3.63) is 41.1 Å². The summed E-state index contributed by atoms with van der Waals surface area (Å²) in [4.78, 5) is 36.5. The Balaban J connectivity index is 1.59. The molecule has 2 amide bonds. The van der Waals surface area contributed by atoms with Gasteiger partial charge in [0.25, 0.3) is 11.8 Å². The molecule has 1 aromatic carbocycles. The minimum atomic E-state index is -1.25. The van der Waals surface area contributed by atoms with Gasteiger partial charge in [0, 0.05) is 5.75 Å². The highest BCUT2D eigenvalue weighted by Gasteiger charge is 2.54. The summed E-state index contributed by atoms with van der Waals surface area (Å²) < 4.78 is 5.32. The molecule has 1 saturated heterocycles. The molecule has 1 aromatic rings. The maximum atomic E-state index is 12.2. The van der Waals surface area contributed by atoms with Crippen LogP contribution in [0.15, 0.2) is 41.1 Å². The number of halogens is 1. The molecule has 2 atom stereocenters. The molecule has 2 N–H and O–H groups in total. The third-order valence-electron chi connectivity index (χ3n) is 3.55. The van der Waals surface area contributed by atoms with Crippen molar-refractivity contribution < 1.29 is 24.2 Å². The van der Waals surface area contributed by atoms with Crippen LogP contribution in [-0.4, -0.2) is 51.6 Å². The summed E-state index contributed by atoms with van der Waals surface area (Å²) in [5.74, 6) is -1.37. The van der Waals surface area contributed by atoms with Crippen LogP contribution in [0.3, 0.4) is 0 Å². The number of nitrogens with zero attached hydrogens (tertiary/aromatic N) is 1. The number of para-hydroxylation sites is 1. The number of hydrogen-bond donors (Lipinski definition) is 2. The van der Waals surface area contributed by atoms with Gasteiger partial charge in [0.05, 0.1) is 5.03 Å². The third kappa shape index (κ3) is 3.07. The van der Waals surface area contributed by atoms with E-state index in [1.807, 2.05) is 6.07 Å². The first-order chi connectivity index (χ1) is 11.5. The number of thioether (sulfide) groups is 1. The fourth-order valence-corrected chi connectivity index (χ4v) is 4.01. The van der Waals surface area contributed by atoms with Crippen molar-refractivity contribution in [2.24, 2.45) is 0 Å². The van der Waals surface area contributed by atoms with Gasteiger partial charge in [0.15, 0.2) is 6.61 Å². The van der Waals surface area contributed by atoms with Gasteiger partial charge in [-0.2, -0.15) is 0 Å². The molecule has 0 radical (unpaired) electrons. The van der Waals surface area contributed by atoms with E-state index in [0.717, 1.165) is 4.90 Å². The first kappa shape index (κ1) is 16.7. The van der Waals surface area contributed by atoms with E-state index in [1.54, 1.807) is 24.3 Å². The topological polar surface area (TPSA) is 95.9 Å². The molecule has 3 rings (SSSR count). The molecule has 0 aliphatic carbocycles. The molecule has 0 unspecified atom stereocenters. The van der Waals surface area contributed by atoms with Gasteiger partial charge in [0.1, 0.15) is 22.9 Å². The van der Waals surface area contributed by atoms with Crippen LogP contribution in [0.5, 0.6) is 5.75 Å². The van der Waals surface area contributed by atoms with Gasteiger partial charge in [-0.05, 0) is 12.1 Å². The smallest absolute Gasteiger partial charge is 0.353 e. The lowest BCUT2D eigenvalue weighted by molar-refractivity contribution is -0.150. The van der Waals surface area contributed by atoms with E-state index in [2.05, 4.69) is 5.32 Å². The molecule has 24 heavy (non-hydrogen) atoms. The minimum absolute atomic E-state index is 0.120. The monoisotopic (exact) mass is 368 g/mol. The van der Waals surface area contributed by atoms with E-state index in [4.69, 9.17) is 16.3 Å². The summed E-state index contributed by atoms with van der Waals surface area (Å²) in [6, 6.07) is 8.04. The molecule has 0 saturated carbocycles. The normalized spacial score (nSPS) is 22.5. The van der Waals surface area contributed by atoms with Gasteiger partial charge in [0.2, 0.25) is 0 Å². The second-order valence-corrected chi connectivity index (χ2v) is 6.68. The molecular formula is C15H13ClN2O5S. The molecule has 2 aliphatic heterocycles. The number of β-lactam (4-membered cyclic amide) rings is 1. The third-order valence-corrected chi connectivity index (χ3v) is 5.30. The second kappa shape index (κ2) is 6.74. The number of rotatable bonds is 5. The van der Waals surface area contributed by atoms with Crippen LogP contribution in [0, 0.1) is 0 Å². The molecule has 9 heteroatoms. The summed E-state index contributed by atoms with van der Waals surface area (Å²) in [5, 5.41) is 11.4. The number of carbonyl (C=O) groups is 3. The lowest BCUT2D eigenvalue weighted by Gasteiger charge is -2.48. The van der Waals surface area contributed by atoms with Crippen LogP contribution in [0.25, 0.3) is 0 Å². The predicted molar refractivity (Wildman–Crippen MR) is 87.5 cm³/mol. The highest BCUT2D eigenvalue weighted by Crippen LogP contribution is 2.41. The van der Waals surface area contributed by atoms with Gasteiger partial charge < -0.3 is 15.2 Å². The standard InChI is InChI=1S/C15H13ClN2O5S/c16-9-7-24-14-11(13(20)18(14)12(9)15(21)22)17-10(19)6-23-8-4-2-1-3-5-8/h1-5,11,14H,6-7H2,(H,17,19)(H,21,22)/t11-,14+/m1/s1. The Kier molecular flexibility index (Phi) is 4.68. The molecule has 0 spiro atoms. The van der Waals surface area contributed by atoms with Gasteiger partial charge >= 0.3 is 5.97 Å². The van der Waals surface area contributed by atoms with Crippen molar-refractivity contribution in [1.82, 2.24) is 10.2 Å². The number of carbonyl (C=O) groups excluding carboxylic acids is 2. The average Bonchev–Trinajstić information content (AvgIpc) is 2.58. The number of nitrogens with one attached hydrogen (secondary N) is 1. The summed E-state index contributed by atoms with van der Waals surface area (Å²) in [7, 11) is 0. The number of hydrogen-bond acceptors (Lipinski definition) is 5. The Morgan fingerprint density at radius 2 is 2.08 bits per heavy atom. The van der Waals surface area contributed by atoms with Crippen LogP contribution in [0.4, 0.5) is 0 Å². The number of fused-ring (bicyclic) bond motifs is 1. The SMILES string of the molecule is O=C(COc1ccccc1)N[C@@H]1C(=O)N2C(C(=O)O)=C(Cl)CS[C@@H]12. The summed E-state index contributed by atoms with van der Waals surface area (Å²) in [5.41, 5.74) is -0.212. The van der Waals surface area contributed by atoms with Crippen molar-refractivity contribution in [3.8, 4) is 5.75 Å². The Morgan fingerprint density at radius 1 is 1.38 bits per heavy atom. The molecular weight excluding hydrogens is 356 g/mol. The van der Waals surface area contributed by atoms with Crippen molar-refractivity contribution in [2.45, 2.75) is 11.4 Å². The van der Waals surface area contributed by atoms with Crippen LogP contribution in [0.2, 0.25) is 0 Å². The molecule has 1 fully saturated rings. The van der Waals surface area contributed by atoms with Crippen LogP contribution in [0.1, 0.15) is 0 Å². The van der Waals surface area contributed by atoms with Gasteiger partial charge in [-0.3, -0.25) is 14.5 Å². The Bertz CT molecular complexity index is 724. The van der Waals surface area contributed by atoms with Gasteiger partial charge in [-0.1, -0.05) is 29.8 Å². The summed E-state index contributed by atoms with van der Waals surface area (Å²) >= 11 is 7.19. The zero-order valence-corrected chi connectivity index (χ0v) is 13.8. The fraction of sp³-hybridized carbons (Fsp3) is 0.267. The van der Waals surface area contributed by atoms with Crippen molar-refractivity contribution in [1.29, 1.82) is 0 Å². The predicted octanol–water partition coefficient (Wildman–Crippen LogP) is 1.00. The number of carboxylic acids is 1. The Hall–Kier alpha value is -2.19. The van der Waals surface area contributed by atoms with Crippen molar-refractivity contribution in [2.75, 3.05) is 12.4 Å². The molecule has 2 heterocycles. The van der Waals surface area contributed by atoms with E-state index < -0.39 is 29.2 Å². The van der Waals surface area contributed by atoms with E-state index in [-0.39, 0.29) is 23.1 Å². The van der Waals surface area contributed by atoms with Crippen LogP contribution in [-0.2, 0) is 14.4 Å². The summed E-state index contributed by atoms with van der Waals surface area (Å²) in [6.07, 6.45) is 0. The maximum absolute atomic E-state index is 12.2. The fourth-order valence-electron chi connectivity index (χ4n) is 2.46. The van der Waals surface area contributed by atoms with Gasteiger partial charge in [-0.15, -0.1) is 11.8 Å². The zero-order valence-electron chi connectivity index (χ0n) is 12.3. The number of ether oxygens (including phenoxy) is 1. The molecule has 0 aromatic heterocycles. The van der Waals surface area contributed by atoms with E-state index in [0.29, 0.717) is 5.75 Å². The zero-order chi connectivity index (χ0) is 17.3. The van der Waals surface area contributed by atoms with Crippen molar-refractivity contribution in [3.63, 3.8) is 0 Å². The Morgan fingerprint density at radius 3 is 2.75 bits per heavy atom. The van der Waals surface area contributed by atoms with E-state index in [1.165, 1.54) is 11.8 Å². The van der Waals surface area contributed by atoms with E-state index >= 15 is 0 Å². The van der Waals surface area contributed by atoms with Crippen LogP contribution >= 0.6 is 23.4 Å². The highest BCUT2D eigenvalue weighted by molar-refractivity contribution is 8.00. The highest BCUT2D eigenvalue weighted by atomic mass is 35.5.